The Morgan fingerprint density at radius 1 is 0.821 bits per heavy atom. The lowest BCUT2D eigenvalue weighted by Crippen LogP contribution is -2.22. The molecule has 1 saturated heterocycles. The topological polar surface area (TPSA) is 95.6 Å². The first-order valence-electron chi connectivity index (χ1n) is 19.7. The molecule has 7 aromatic rings. The van der Waals surface area contributed by atoms with Gasteiger partial charge in [-0.15, -0.1) is 0 Å². The summed E-state index contributed by atoms with van der Waals surface area (Å²) >= 11 is 0. The van der Waals surface area contributed by atoms with Gasteiger partial charge in [-0.2, -0.15) is 0 Å². The number of aromatic amines is 2. The van der Waals surface area contributed by atoms with Crippen molar-refractivity contribution < 1.29 is 9.13 Å². The maximum atomic E-state index is 13.4. The Morgan fingerprint density at radius 3 is 2.30 bits per heavy atom. The van der Waals surface area contributed by atoms with E-state index in [2.05, 4.69) is 133 Å². The molecule has 5 heterocycles. The molecule has 2 aliphatic heterocycles. The standard InChI is InChI=1S/C47H44FN7O/c1-29(48)25-49-28-45-51-26-40(53-45)36-17-19-38-43-23-37-22-35(41-27-52-46(54-41)39-8-5-21-50-39)18-20-42(37)55(43)47(56-44(38)24-36)34-15-13-33(14-16-34)32-11-9-31(10-12-32)30-6-3-2-4-7-30/h2-4,6-7,9-16,18,20,22-24,26-27,29,39,47,49-50H,5,8,17,19,21,25,28H2,1H3,(H,51,53)(H,52,54). The van der Waals surface area contributed by atoms with E-state index in [9.17, 15) is 4.39 Å². The van der Waals surface area contributed by atoms with Crippen LogP contribution in [0.1, 0.15) is 73.5 Å². The molecule has 9 heteroatoms. The van der Waals surface area contributed by atoms with Gasteiger partial charge in [0.2, 0.25) is 6.23 Å². The molecule has 4 aromatic carbocycles. The van der Waals surface area contributed by atoms with E-state index in [-0.39, 0.29) is 12.3 Å². The Morgan fingerprint density at radius 2 is 1.55 bits per heavy atom. The lowest BCUT2D eigenvalue weighted by Gasteiger charge is -2.33. The van der Waals surface area contributed by atoms with E-state index >= 15 is 0 Å². The highest BCUT2D eigenvalue weighted by Crippen LogP contribution is 2.46. The molecule has 3 atom stereocenters. The van der Waals surface area contributed by atoms with E-state index < -0.39 is 6.17 Å². The van der Waals surface area contributed by atoms with Gasteiger partial charge in [0.25, 0.3) is 0 Å². The summed E-state index contributed by atoms with van der Waals surface area (Å²) in [6, 6.07) is 37.3. The molecule has 1 aliphatic carbocycles. The summed E-state index contributed by atoms with van der Waals surface area (Å²) in [5.41, 5.74) is 13.6. The van der Waals surface area contributed by atoms with Crippen LogP contribution in [0, 0.1) is 0 Å². The van der Waals surface area contributed by atoms with Gasteiger partial charge < -0.3 is 29.9 Å². The van der Waals surface area contributed by atoms with Crippen molar-refractivity contribution in [2.24, 2.45) is 0 Å². The van der Waals surface area contributed by atoms with Gasteiger partial charge in [-0.1, -0.05) is 84.9 Å². The lowest BCUT2D eigenvalue weighted by molar-refractivity contribution is 0.0957. The highest BCUT2D eigenvalue weighted by atomic mass is 19.1. The Bertz CT molecular complexity index is 2570. The monoisotopic (exact) mass is 741 g/mol. The smallest absolute Gasteiger partial charge is 0.203 e. The zero-order valence-electron chi connectivity index (χ0n) is 31.4. The minimum Gasteiger partial charge on any atom is -0.466 e. The molecule has 3 aliphatic rings. The van der Waals surface area contributed by atoms with Crippen molar-refractivity contribution in [3.05, 3.63) is 156 Å². The molecule has 0 saturated carbocycles. The van der Waals surface area contributed by atoms with Crippen LogP contribution in [0.2, 0.25) is 0 Å². The summed E-state index contributed by atoms with van der Waals surface area (Å²) in [6.07, 6.45) is 8.70. The van der Waals surface area contributed by atoms with Gasteiger partial charge in [0.1, 0.15) is 23.6 Å². The number of ether oxygens (including phenoxy) is 1. The number of benzene rings is 4. The van der Waals surface area contributed by atoms with Gasteiger partial charge in [0.05, 0.1) is 47.6 Å². The number of allylic oxidation sites excluding steroid dienone is 3. The van der Waals surface area contributed by atoms with Gasteiger partial charge in [-0.25, -0.2) is 14.4 Å². The van der Waals surface area contributed by atoms with Crippen molar-refractivity contribution in [1.82, 2.24) is 35.1 Å². The number of aromatic nitrogens is 5. The van der Waals surface area contributed by atoms with Crippen LogP contribution in [0.4, 0.5) is 4.39 Å². The fourth-order valence-electron chi connectivity index (χ4n) is 8.46. The van der Waals surface area contributed by atoms with Crippen molar-refractivity contribution >= 4 is 22.0 Å². The third-order valence-corrected chi connectivity index (χ3v) is 11.4. The van der Waals surface area contributed by atoms with Crippen molar-refractivity contribution in [2.75, 3.05) is 13.1 Å². The van der Waals surface area contributed by atoms with E-state index in [0.717, 1.165) is 87.8 Å². The Kier molecular flexibility index (Phi) is 8.96. The van der Waals surface area contributed by atoms with E-state index in [1.165, 1.54) is 34.4 Å². The maximum absolute atomic E-state index is 13.4. The first-order valence-corrected chi connectivity index (χ1v) is 19.7. The van der Waals surface area contributed by atoms with Crippen molar-refractivity contribution in [3.63, 3.8) is 0 Å². The molecule has 56 heavy (non-hydrogen) atoms. The second-order valence-electron chi connectivity index (χ2n) is 15.2. The molecule has 280 valence electrons. The first kappa shape index (κ1) is 34.5. The average molecular weight is 742 g/mol. The molecule has 3 unspecified atom stereocenters. The number of nitrogens with zero attached hydrogens (tertiary/aromatic N) is 3. The first-order chi connectivity index (χ1) is 27.5. The van der Waals surface area contributed by atoms with Gasteiger partial charge in [-0.05, 0) is 91.3 Å². The largest absolute Gasteiger partial charge is 0.466 e. The summed E-state index contributed by atoms with van der Waals surface area (Å²) in [5, 5.41) is 7.84. The molecule has 0 amide bonds. The molecular formula is C47H44FN7O. The van der Waals surface area contributed by atoms with Crippen LogP contribution in [-0.4, -0.2) is 43.8 Å². The van der Waals surface area contributed by atoms with Crippen LogP contribution < -0.4 is 10.6 Å². The van der Waals surface area contributed by atoms with Gasteiger partial charge in [-0.3, -0.25) is 0 Å². The number of nitrogens with one attached hydrogen (secondary N) is 4. The van der Waals surface area contributed by atoms with E-state index in [1.807, 2.05) is 18.5 Å². The number of hydrogen-bond donors (Lipinski definition) is 4. The number of H-pyrrole nitrogens is 2. The molecule has 0 spiro atoms. The molecule has 0 radical (unpaired) electrons. The fraction of sp³-hybridized carbons (Fsp3) is 0.234. The van der Waals surface area contributed by atoms with Crippen LogP contribution in [0.15, 0.2) is 127 Å². The van der Waals surface area contributed by atoms with Crippen molar-refractivity contribution in [2.45, 2.75) is 57.6 Å². The second kappa shape index (κ2) is 14.6. The predicted molar refractivity (Wildman–Crippen MR) is 221 cm³/mol. The quantitative estimate of drug-likeness (QED) is 0.112. The molecule has 1 fully saturated rings. The zero-order valence-corrected chi connectivity index (χ0v) is 31.4. The van der Waals surface area contributed by atoms with Crippen LogP contribution in [-0.2, 0) is 11.3 Å². The summed E-state index contributed by atoms with van der Waals surface area (Å²) in [5.74, 6) is 2.68. The highest BCUT2D eigenvalue weighted by molar-refractivity contribution is 5.91. The molecular weight excluding hydrogens is 698 g/mol. The molecule has 3 aromatic heterocycles. The van der Waals surface area contributed by atoms with Crippen LogP contribution in [0.5, 0.6) is 0 Å². The molecule has 0 bridgehead atoms. The number of hydrogen-bond acceptors (Lipinski definition) is 5. The third kappa shape index (κ3) is 6.56. The number of rotatable bonds is 10. The normalized spacial score (nSPS) is 18.4. The number of imidazole rings is 2. The second-order valence-corrected chi connectivity index (χ2v) is 15.2. The zero-order chi connectivity index (χ0) is 37.6. The maximum Gasteiger partial charge on any atom is 0.203 e. The Hall–Kier alpha value is -6.03. The van der Waals surface area contributed by atoms with Crippen molar-refractivity contribution in [3.8, 4) is 33.5 Å². The van der Waals surface area contributed by atoms with Gasteiger partial charge in [0.15, 0.2) is 0 Å². The third-order valence-electron chi connectivity index (χ3n) is 11.4. The highest BCUT2D eigenvalue weighted by Gasteiger charge is 2.32. The molecule has 4 N–H and O–H groups in total. The van der Waals surface area contributed by atoms with Crippen LogP contribution in [0.3, 0.4) is 0 Å². The summed E-state index contributed by atoms with van der Waals surface area (Å²) in [6.45, 7) is 3.37. The minimum atomic E-state index is -0.908. The summed E-state index contributed by atoms with van der Waals surface area (Å²) in [7, 11) is 0. The number of alkyl halides is 1. The minimum absolute atomic E-state index is 0.289. The predicted octanol–water partition coefficient (Wildman–Crippen LogP) is 10.1. The van der Waals surface area contributed by atoms with Gasteiger partial charge >= 0.3 is 0 Å². The Labute approximate surface area is 325 Å². The number of fused-ring (bicyclic) bond motifs is 4. The Balaban J connectivity index is 0.998. The van der Waals surface area contributed by atoms with E-state index in [1.54, 1.807) is 6.92 Å². The van der Waals surface area contributed by atoms with Gasteiger partial charge in [0, 0.05) is 28.6 Å². The molecule has 8 nitrogen and oxygen atoms in total. The van der Waals surface area contributed by atoms with E-state index in [0.29, 0.717) is 13.1 Å². The fourth-order valence-corrected chi connectivity index (χ4v) is 8.46. The van der Waals surface area contributed by atoms with Crippen LogP contribution in [0.25, 0.3) is 55.6 Å². The average Bonchev–Trinajstić information content (AvgIpc) is 4.08. The van der Waals surface area contributed by atoms with E-state index in [4.69, 9.17) is 9.72 Å². The summed E-state index contributed by atoms with van der Waals surface area (Å²) < 4.78 is 22.8. The van der Waals surface area contributed by atoms with Crippen LogP contribution >= 0.6 is 0 Å². The SMILES string of the molecule is CC(F)CNCc1ncc(C2=CC3=C(CC2)c2cc4cc(-c5cnc(C6CCCN6)[nH]5)ccc4n2C(c2ccc(-c4ccc(-c5ccccc5)cc4)cc2)O3)[nH]1. The summed E-state index contributed by atoms with van der Waals surface area (Å²) in [4.78, 5) is 16.4. The number of halogens is 1. The van der Waals surface area contributed by atoms with Crippen molar-refractivity contribution in [1.29, 1.82) is 0 Å². The molecule has 10 rings (SSSR count). The lowest BCUT2D eigenvalue weighted by atomic mass is 9.92.